The Morgan fingerprint density at radius 2 is 1.97 bits per heavy atom. The molecule has 1 saturated heterocycles. The third-order valence-electron chi connectivity index (χ3n) is 5.35. The minimum absolute atomic E-state index is 0.109. The van der Waals surface area contributed by atoms with Crippen LogP contribution < -0.4 is 15.8 Å². The summed E-state index contributed by atoms with van der Waals surface area (Å²) in [6, 6.07) is 8.05. The standard InChI is InChI=1S/C23H27N5O2S2/c1-3-11-28-21(30)19-20(25-22(32-19)27-12-5-4-6-13-27)26-23(28)31-15-18(29)24-14-17-9-7-16(2)8-10-17/h3,7-10H,1,4-6,11-15H2,2H3,(H,24,29). The van der Waals surface area contributed by atoms with Crippen molar-refractivity contribution >= 4 is 44.5 Å². The first-order chi connectivity index (χ1) is 15.5. The largest absolute Gasteiger partial charge is 0.351 e. The molecule has 7 nitrogen and oxygen atoms in total. The molecule has 3 aromatic rings. The number of nitrogens with zero attached hydrogens (tertiary/aromatic N) is 4. The molecule has 0 aliphatic carbocycles. The minimum Gasteiger partial charge on any atom is -0.351 e. The van der Waals surface area contributed by atoms with Gasteiger partial charge in [-0.1, -0.05) is 59.0 Å². The number of amides is 1. The van der Waals surface area contributed by atoms with E-state index >= 15 is 0 Å². The van der Waals surface area contributed by atoms with Gasteiger partial charge in [-0.2, -0.15) is 4.98 Å². The van der Waals surface area contributed by atoms with Crippen LogP contribution in [0.3, 0.4) is 0 Å². The first-order valence-electron chi connectivity index (χ1n) is 10.8. The average Bonchev–Trinajstić information content (AvgIpc) is 3.24. The van der Waals surface area contributed by atoms with E-state index in [1.54, 1.807) is 10.6 Å². The van der Waals surface area contributed by atoms with Crippen molar-refractivity contribution in [3.8, 4) is 0 Å². The molecule has 1 amide bonds. The molecule has 0 unspecified atom stereocenters. The number of thiazole rings is 1. The number of allylic oxidation sites excluding steroid dienone is 1. The molecule has 9 heteroatoms. The molecule has 1 N–H and O–H groups in total. The van der Waals surface area contributed by atoms with Crippen LogP contribution in [0.4, 0.5) is 5.13 Å². The second-order valence-electron chi connectivity index (χ2n) is 7.85. The molecule has 32 heavy (non-hydrogen) atoms. The van der Waals surface area contributed by atoms with E-state index in [9.17, 15) is 9.59 Å². The Morgan fingerprint density at radius 1 is 1.22 bits per heavy atom. The van der Waals surface area contributed by atoms with Gasteiger partial charge in [-0.15, -0.1) is 6.58 Å². The summed E-state index contributed by atoms with van der Waals surface area (Å²) in [7, 11) is 0. The van der Waals surface area contributed by atoms with E-state index in [0.717, 1.165) is 36.6 Å². The Balaban J connectivity index is 1.49. The van der Waals surface area contributed by atoms with E-state index in [4.69, 9.17) is 0 Å². The molecule has 3 heterocycles. The fraction of sp³-hybridized carbons (Fsp3) is 0.391. The quantitative estimate of drug-likeness (QED) is 0.308. The monoisotopic (exact) mass is 469 g/mol. The maximum Gasteiger partial charge on any atom is 0.274 e. The zero-order valence-corrected chi connectivity index (χ0v) is 19.8. The highest BCUT2D eigenvalue weighted by Gasteiger charge is 2.20. The lowest BCUT2D eigenvalue weighted by molar-refractivity contribution is -0.118. The first-order valence-corrected chi connectivity index (χ1v) is 12.6. The maximum atomic E-state index is 13.1. The van der Waals surface area contributed by atoms with Gasteiger partial charge < -0.3 is 10.2 Å². The SMILES string of the molecule is C=CCn1c(SCC(=O)NCc2ccc(C)cc2)nc2nc(N3CCCCC3)sc2c1=O. The summed E-state index contributed by atoms with van der Waals surface area (Å²) in [5, 5.41) is 4.27. The number of hydrogen-bond acceptors (Lipinski definition) is 7. The van der Waals surface area contributed by atoms with Crippen molar-refractivity contribution in [1.29, 1.82) is 0 Å². The van der Waals surface area contributed by atoms with Gasteiger partial charge in [0.1, 0.15) is 4.70 Å². The average molecular weight is 470 g/mol. The number of piperidine rings is 1. The Hall–Kier alpha value is -2.65. The lowest BCUT2D eigenvalue weighted by atomic mass is 10.1. The van der Waals surface area contributed by atoms with Crippen molar-refractivity contribution < 1.29 is 4.79 Å². The van der Waals surface area contributed by atoms with Gasteiger partial charge >= 0.3 is 0 Å². The first kappa shape index (κ1) is 22.5. The van der Waals surface area contributed by atoms with Crippen LogP contribution in [0, 0.1) is 6.92 Å². The molecule has 0 saturated carbocycles. The van der Waals surface area contributed by atoms with Gasteiger partial charge in [0, 0.05) is 26.2 Å². The van der Waals surface area contributed by atoms with Crippen LogP contribution in [-0.4, -0.2) is 39.3 Å². The summed E-state index contributed by atoms with van der Waals surface area (Å²) in [4.78, 5) is 37.1. The number of fused-ring (bicyclic) bond motifs is 1. The molecule has 0 spiro atoms. The summed E-state index contributed by atoms with van der Waals surface area (Å²) in [5.74, 6) is 0.0618. The third-order valence-corrected chi connectivity index (χ3v) is 7.42. The van der Waals surface area contributed by atoms with Crippen LogP contribution in [0.5, 0.6) is 0 Å². The van der Waals surface area contributed by atoms with Crippen LogP contribution in [-0.2, 0) is 17.9 Å². The molecule has 0 atom stereocenters. The van der Waals surface area contributed by atoms with Gasteiger partial charge in [0.25, 0.3) is 5.56 Å². The second-order valence-corrected chi connectivity index (χ2v) is 9.77. The number of thioether (sulfide) groups is 1. The molecule has 4 rings (SSSR count). The summed E-state index contributed by atoms with van der Waals surface area (Å²) >= 11 is 2.66. The Morgan fingerprint density at radius 3 is 2.69 bits per heavy atom. The number of carbonyl (C=O) groups excluding carboxylic acids is 1. The molecule has 2 aromatic heterocycles. The summed E-state index contributed by atoms with van der Waals surface area (Å²) in [6.45, 7) is 8.53. The molecule has 1 aliphatic heterocycles. The number of anilines is 1. The summed E-state index contributed by atoms with van der Waals surface area (Å²) in [6.07, 6.45) is 5.19. The van der Waals surface area contributed by atoms with Crippen LogP contribution >= 0.6 is 23.1 Å². The van der Waals surface area contributed by atoms with Gasteiger partial charge in [-0.05, 0) is 31.7 Å². The predicted molar refractivity (Wildman–Crippen MR) is 132 cm³/mol. The topological polar surface area (TPSA) is 80.1 Å². The van der Waals surface area contributed by atoms with Crippen molar-refractivity contribution in [3.05, 3.63) is 58.4 Å². The summed E-state index contributed by atoms with van der Waals surface area (Å²) in [5.41, 5.74) is 2.56. The molecule has 1 aliphatic rings. The lowest BCUT2D eigenvalue weighted by Gasteiger charge is -2.25. The fourth-order valence-corrected chi connectivity index (χ4v) is 5.42. The van der Waals surface area contributed by atoms with Gasteiger partial charge in [0.2, 0.25) is 5.91 Å². The number of hydrogen-bond donors (Lipinski definition) is 1. The number of aryl methyl sites for hydroxylation is 1. The van der Waals surface area contributed by atoms with Crippen molar-refractivity contribution in [2.24, 2.45) is 0 Å². The van der Waals surface area contributed by atoms with E-state index in [0.29, 0.717) is 28.6 Å². The normalized spacial score (nSPS) is 14.0. The zero-order chi connectivity index (χ0) is 22.5. The Kier molecular flexibility index (Phi) is 7.26. The van der Waals surface area contributed by atoms with E-state index < -0.39 is 0 Å². The van der Waals surface area contributed by atoms with Crippen molar-refractivity contribution in [3.63, 3.8) is 0 Å². The highest BCUT2D eigenvalue weighted by Crippen LogP contribution is 2.29. The Labute approximate surface area is 195 Å². The summed E-state index contributed by atoms with van der Waals surface area (Å²) < 4.78 is 2.13. The molecule has 168 valence electrons. The Bertz CT molecular complexity index is 1160. The predicted octanol–water partition coefficient (Wildman–Crippen LogP) is 3.75. The van der Waals surface area contributed by atoms with Crippen LogP contribution in [0.1, 0.15) is 30.4 Å². The minimum atomic E-state index is -0.127. The third kappa shape index (κ3) is 5.21. The highest BCUT2D eigenvalue weighted by atomic mass is 32.2. The van der Waals surface area contributed by atoms with Gasteiger partial charge in [0.15, 0.2) is 15.9 Å². The van der Waals surface area contributed by atoms with E-state index in [2.05, 4.69) is 26.8 Å². The van der Waals surface area contributed by atoms with Crippen molar-refractivity contribution in [1.82, 2.24) is 19.9 Å². The smallest absolute Gasteiger partial charge is 0.274 e. The number of benzene rings is 1. The number of rotatable bonds is 8. The number of carbonyl (C=O) groups is 1. The van der Waals surface area contributed by atoms with Gasteiger partial charge in [-0.3, -0.25) is 14.2 Å². The molecular weight excluding hydrogens is 442 g/mol. The van der Waals surface area contributed by atoms with Crippen molar-refractivity contribution in [2.75, 3.05) is 23.7 Å². The van der Waals surface area contributed by atoms with E-state index in [1.165, 1.54) is 35.1 Å². The molecule has 0 radical (unpaired) electrons. The van der Waals surface area contributed by atoms with Gasteiger partial charge in [-0.25, -0.2) is 4.98 Å². The van der Waals surface area contributed by atoms with E-state index in [-0.39, 0.29) is 17.2 Å². The van der Waals surface area contributed by atoms with E-state index in [1.807, 2.05) is 31.2 Å². The number of nitrogens with one attached hydrogen (secondary N) is 1. The lowest BCUT2D eigenvalue weighted by Crippen LogP contribution is -2.29. The zero-order valence-electron chi connectivity index (χ0n) is 18.2. The molecule has 1 aromatic carbocycles. The van der Waals surface area contributed by atoms with Crippen LogP contribution in [0.25, 0.3) is 10.3 Å². The maximum absolute atomic E-state index is 13.1. The molecule has 1 fully saturated rings. The van der Waals surface area contributed by atoms with Gasteiger partial charge in [0.05, 0.1) is 5.75 Å². The van der Waals surface area contributed by atoms with Crippen molar-refractivity contribution in [2.45, 2.75) is 44.4 Å². The second kappa shape index (κ2) is 10.3. The fourth-order valence-electron chi connectivity index (χ4n) is 3.59. The number of aromatic nitrogens is 3. The molecular formula is C23H27N5O2S2. The van der Waals surface area contributed by atoms with Crippen LogP contribution in [0.15, 0.2) is 46.9 Å². The van der Waals surface area contributed by atoms with Crippen LogP contribution in [0.2, 0.25) is 0 Å². The molecule has 0 bridgehead atoms. The highest BCUT2D eigenvalue weighted by molar-refractivity contribution is 7.99.